The summed E-state index contributed by atoms with van der Waals surface area (Å²) in [6.45, 7) is 3.31. The molecule has 5 heteroatoms. The van der Waals surface area contributed by atoms with Crippen LogP contribution in [0.4, 0.5) is 0 Å². The maximum absolute atomic E-state index is 12.9. The second-order valence-electron chi connectivity index (χ2n) is 7.11. The topological polar surface area (TPSA) is 41.6 Å². The zero-order chi connectivity index (χ0) is 16.4. The molecule has 1 saturated heterocycles. The minimum atomic E-state index is 0. The highest BCUT2D eigenvalue weighted by Gasteiger charge is 2.37. The molecule has 2 heterocycles. The molecule has 0 radical (unpaired) electrons. The molecule has 1 aromatic rings. The monoisotopic (exact) mass is 362 g/mol. The number of morpholine rings is 1. The molecule has 4 nitrogen and oxygen atoms in total. The first-order valence-corrected chi connectivity index (χ1v) is 9.19. The summed E-state index contributed by atoms with van der Waals surface area (Å²) in [6, 6.07) is 10.9. The third-order valence-electron chi connectivity index (χ3n) is 5.64. The van der Waals surface area contributed by atoms with Crippen molar-refractivity contribution in [1.29, 1.82) is 0 Å². The zero-order valence-electron chi connectivity index (χ0n) is 14.5. The Morgan fingerprint density at radius 2 is 2.04 bits per heavy atom. The number of benzene rings is 1. The molecular formula is C20H27ClN2O2. The third-order valence-corrected chi connectivity index (χ3v) is 5.64. The van der Waals surface area contributed by atoms with E-state index >= 15 is 0 Å². The van der Waals surface area contributed by atoms with Gasteiger partial charge in [-0.05, 0) is 36.8 Å². The number of hydrogen-bond donors (Lipinski definition) is 1. The average Bonchev–Trinajstić information content (AvgIpc) is 2.68. The van der Waals surface area contributed by atoms with Gasteiger partial charge in [-0.15, -0.1) is 12.4 Å². The lowest BCUT2D eigenvalue weighted by atomic mass is 9.82. The molecule has 2 aliphatic heterocycles. The first-order valence-electron chi connectivity index (χ1n) is 9.19. The largest absolute Gasteiger partial charge is 0.375 e. The Hall–Kier alpha value is -1.36. The van der Waals surface area contributed by atoms with Crippen molar-refractivity contribution in [1.82, 2.24) is 10.2 Å². The van der Waals surface area contributed by atoms with Crippen LogP contribution in [0.3, 0.4) is 0 Å². The van der Waals surface area contributed by atoms with Gasteiger partial charge in [0.05, 0.1) is 12.7 Å². The molecule has 1 aromatic carbocycles. The number of ether oxygens (including phenoxy) is 1. The number of fused-ring (bicyclic) bond motifs is 1. The Morgan fingerprint density at radius 3 is 2.80 bits per heavy atom. The van der Waals surface area contributed by atoms with E-state index < -0.39 is 0 Å². The second-order valence-corrected chi connectivity index (χ2v) is 7.11. The van der Waals surface area contributed by atoms with Crippen molar-refractivity contribution in [2.75, 3.05) is 26.2 Å². The first-order chi connectivity index (χ1) is 11.8. The van der Waals surface area contributed by atoms with Crippen LogP contribution in [0.25, 0.3) is 5.57 Å². The predicted octanol–water partition coefficient (Wildman–Crippen LogP) is 2.88. The van der Waals surface area contributed by atoms with Crippen LogP contribution in [-0.4, -0.2) is 49.2 Å². The molecule has 0 spiro atoms. The summed E-state index contributed by atoms with van der Waals surface area (Å²) >= 11 is 0. The molecule has 1 amide bonds. The molecule has 3 atom stereocenters. The van der Waals surface area contributed by atoms with Crippen LogP contribution in [-0.2, 0) is 9.53 Å². The number of nitrogens with one attached hydrogen (secondary N) is 1. The Morgan fingerprint density at radius 1 is 1.20 bits per heavy atom. The fourth-order valence-electron chi connectivity index (χ4n) is 4.28. The summed E-state index contributed by atoms with van der Waals surface area (Å²) < 4.78 is 5.82. The minimum absolute atomic E-state index is 0. The van der Waals surface area contributed by atoms with Crippen molar-refractivity contribution in [2.45, 2.75) is 37.8 Å². The molecule has 136 valence electrons. The zero-order valence-corrected chi connectivity index (χ0v) is 15.3. The molecule has 0 aromatic heterocycles. The average molecular weight is 363 g/mol. The second kappa shape index (κ2) is 8.35. The molecule has 2 fully saturated rings. The number of hydrogen-bond acceptors (Lipinski definition) is 3. The van der Waals surface area contributed by atoms with Crippen molar-refractivity contribution in [2.24, 2.45) is 5.92 Å². The normalized spacial score (nSPS) is 29.2. The van der Waals surface area contributed by atoms with E-state index in [1.54, 1.807) is 0 Å². The van der Waals surface area contributed by atoms with E-state index in [0.717, 1.165) is 51.9 Å². The van der Waals surface area contributed by atoms with Gasteiger partial charge in [0, 0.05) is 31.6 Å². The molecular weight excluding hydrogens is 336 g/mol. The number of rotatable bonds is 2. The predicted molar refractivity (Wildman–Crippen MR) is 102 cm³/mol. The van der Waals surface area contributed by atoms with Gasteiger partial charge in [0.25, 0.3) is 0 Å². The van der Waals surface area contributed by atoms with Gasteiger partial charge in [0.1, 0.15) is 0 Å². The van der Waals surface area contributed by atoms with Gasteiger partial charge in [-0.25, -0.2) is 0 Å². The minimum Gasteiger partial charge on any atom is -0.375 e. The van der Waals surface area contributed by atoms with E-state index in [1.807, 2.05) is 11.0 Å². The van der Waals surface area contributed by atoms with Crippen LogP contribution in [0, 0.1) is 5.92 Å². The van der Waals surface area contributed by atoms with E-state index in [4.69, 9.17) is 4.74 Å². The van der Waals surface area contributed by atoms with Crippen LogP contribution in [0.1, 0.15) is 31.2 Å². The summed E-state index contributed by atoms with van der Waals surface area (Å²) in [4.78, 5) is 14.9. The fourth-order valence-corrected chi connectivity index (χ4v) is 4.28. The van der Waals surface area contributed by atoms with Crippen molar-refractivity contribution >= 4 is 23.9 Å². The summed E-state index contributed by atoms with van der Waals surface area (Å²) in [7, 11) is 0. The van der Waals surface area contributed by atoms with Crippen LogP contribution in [0.2, 0.25) is 0 Å². The van der Waals surface area contributed by atoms with Gasteiger partial charge >= 0.3 is 0 Å². The number of amides is 1. The highest BCUT2D eigenvalue weighted by Crippen LogP contribution is 2.31. The number of carbonyl (C=O) groups is 1. The van der Waals surface area contributed by atoms with Crippen LogP contribution < -0.4 is 5.32 Å². The summed E-state index contributed by atoms with van der Waals surface area (Å²) in [5, 5.41) is 3.53. The van der Waals surface area contributed by atoms with Gasteiger partial charge in [0.15, 0.2) is 0 Å². The van der Waals surface area contributed by atoms with Crippen LogP contribution >= 0.6 is 12.4 Å². The van der Waals surface area contributed by atoms with Crippen molar-refractivity contribution in [3.63, 3.8) is 0 Å². The SMILES string of the molecule is Cl.O=C([C@H]1CC[C@H]2OCCN[C@@H]2C1)N1CC=C(c2ccccc2)CC1. The standard InChI is InChI=1S/C20H26N2O2.ClH/c23-20(17-6-7-19-18(14-17)21-10-13-24-19)22-11-8-16(9-12-22)15-4-2-1-3-5-15;/h1-5,8,17-19,21H,6-7,9-14H2;1H/t17-,18+,19+;/m0./s1. The maximum Gasteiger partial charge on any atom is 0.226 e. The van der Waals surface area contributed by atoms with Crippen LogP contribution in [0.5, 0.6) is 0 Å². The Bertz CT molecular complexity index is 619. The molecule has 0 unspecified atom stereocenters. The highest BCUT2D eigenvalue weighted by molar-refractivity contribution is 5.85. The van der Waals surface area contributed by atoms with E-state index in [0.29, 0.717) is 18.1 Å². The quantitative estimate of drug-likeness (QED) is 0.879. The summed E-state index contributed by atoms with van der Waals surface area (Å²) in [5.74, 6) is 0.497. The lowest BCUT2D eigenvalue weighted by Gasteiger charge is -2.40. The Kier molecular flexibility index (Phi) is 6.15. The van der Waals surface area contributed by atoms with Crippen molar-refractivity contribution in [3.8, 4) is 0 Å². The van der Waals surface area contributed by atoms with Crippen molar-refractivity contribution in [3.05, 3.63) is 42.0 Å². The molecule has 1 saturated carbocycles. The van der Waals surface area contributed by atoms with Crippen molar-refractivity contribution < 1.29 is 9.53 Å². The molecule has 0 bridgehead atoms. The molecule has 4 rings (SSSR count). The van der Waals surface area contributed by atoms with E-state index in [2.05, 4.69) is 35.7 Å². The molecule has 1 N–H and O–H groups in total. The van der Waals surface area contributed by atoms with Gasteiger partial charge < -0.3 is 15.0 Å². The maximum atomic E-state index is 12.9. The lowest BCUT2D eigenvalue weighted by molar-refractivity contribution is -0.138. The van der Waals surface area contributed by atoms with E-state index in [1.165, 1.54) is 11.1 Å². The van der Waals surface area contributed by atoms with Crippen LogP contribution in [0.15, 0.2) is 36.4 Å². The number of nitrogens with zero attached hydrogens (tertiary/aromatic N) is 1. The molecule has 3 aliphatic rings. The van der Waals surface area contributed by atoms with Gasteiger partial charge in [0.2, 0.25) is 5.91 Å². The summed E-state index contributed by atoms with van der Waals surface area (Å²) in [6.07, 6.45) is 6.39. The third kappa shape index (κ3) is 4.08. The molecule has 1 aliphatic carbocycles. The fraction of sp³-hybridized carbons (Fsp3) is 0.550. The molecule has 25 heavy (non-hydrogen) atoms. The van der Waals surface area contributed by atoms with Gasteiger partial charge in [-0.2, -0.15) is 0 Å². The van der Waals surface area contributed by atoms with Gasteiger partial charge in [-0.1, -0.05) is 36.4 Å². The Balaban J connectivity index is 0.00000182. The first kappa shape index (κ1) is 18.4. The number of halogens is 1. The smallest absolute Gasteiger partial charge is 0.226 e. The van der Waals surface area contributed by atoms with Gasteiger partial charge in [-0.3, -0.25) is 4.79 Å². The number of carbonyl (C=O) groups excluding carboxylic acids is 1. The van der Waals surface area contributed by atoms with E-state index in [9.17, 15) is 4.79 Å². The highest BCUT2D eigenvalue weighted by atomic mass is 35.5. The lowest BCUT2D eigenvalue weighted by Crippen LogP contribution is -2.53. The van der Waals surface area contributed by atoms with E-state index in [-0.39, 0.29) is 18.3 Å². The summed E-state index contributed by atoms with van der Waals surface area (Å²) in [5.41, 5.74) is 2.65. The Labute approximate surface area is 156 Å².